The number of methoxy groups -OCH3 is 1. The predicted molar refractivity (Wildman–Crippen MR) is 52.6 cm³/mol. The van der Waals surface area contributed by atoms with Crippen molar-refractivity contribution in [3.63, 3.8) is 0 Å². The van der Waals surface area contributed by atoms with Crippen LogP contribution in [-0.2, 0) is 0 Å². The molecule has 0 heterocycles. The largest absolute Gasteiger partial charge is 0.506 e. The minimum atomic E-state index is -0.886. The number of benzene rings is 1. The van der Waals surface area contributed by atoms with Gasteiger partial charge in [-0.1, -0.05) is 11.6 Å². The molecule has 78 valence electrons. The van der Waals surface area contributed by atoms with Crippen molar-refractivity contribution >= 4 is 11.6 Å². The van der Waals surface area contributed by atoms with Crippen LogP contribution in [0.2, 0.25) is 5.02 Å². The lowest BCUT2D eigenvalue weighted by molar-refractivity contribution is 0.398. The molecule has 14 heavy (non-hydrogen) atoms. The van der Waals surface area contributed by atoms with Crippen molar-refractivity contribution in [2.75, 3.05) is 13.8 Å². The summed E-state index contributed by atoms with van der Waals surface area (Å²) in [5.41, 5.74) is 5.69. The molecule has 0 spiro atoms. The fourth-order valence-electron chi connectivity index (χ4n) is 1.08. The minimum Gasteiger partial charge on any atom is -0.506 e. The fourth-order valence-corrected chi connectivity index (χ4v) is 1.29. The Labute approximate surface area is 86.2 Å². The van der Waals surface area contributed by atoms with E-state index >= 15 is 0 Å². The summed E-state index contributed by atoms with van der Waals surface area (Å²) >= 11 is 5.69. The Kier molecular flexibility index (Phi) is 3.55. The summed E-state index contributed by atoms with van der Waals surface area (Å²) in [5, 5.41) is 9.59. The van der Waals surface area contributed by atoms with Crippen LogP contribution in [0.4, 0.5) is 4.39 Å². The van der Waals surface area contributed by atoms with E-state index in [0.29, 0.717) is 5.75 Å². The number of phenolic OH excluding ortho intramolecular Hbond substituents is 1. The number of rotatable bonds is 3. The van der Waals surface area contributed by atoms with E-state index in [0.717, 1.165) is 0 Å². The molecule has 0 saturated carbocycles. The molecule has 0 aliphatic rings. The topological polar surface area (TPSA) is 55.5 Å². The second-order valence-corrected chi connectivity index (χ2v) is 3.22. The Morgan fingerprint density at radius 3 is 2.79 bits per heavy atom. The molecule has 0 radical (unpaired) electrons. The second-order valence-electron chi connectivity index (χ2n) is 2.81. The zero-order valence-corrected chi connectivity index (χ0v) is 8.38. The zero-order valence-electron chi connectivity index (χ0n) is 7.63. The monoisotopic (exact) mass is 219 g/mol. The van der Waals surface area contributed by atoms with Crippen molar-refractivity contribution in [3.8, 4) is 11.5 Å². The number of phenols is 1. The van der Waals surface area contributed by atoms with E-state index in [1.165, 1.54) is 19.2 Å². The molecule has 0 aromatic heterocycles. The lowest BCUT2D eigenvalue weighted by Crippen LogP contribution is -2.12. The molecule has 5 heteroatoms. The SMILES string of the molecule is COc1cc(Cl)c(O)c(C(N)CF)c1. The molecular formula is C9H11ClFNO2. The maximum Gasteiger partial charge on any atom is 0.139 e. The zero-order chi connectivity index (χ0) is 10.7. The highest BCUT2D eigenvalue weighted by Gasteiger charge is 2.15. The number of hydrogen-bond acceptors (Lipinski definition) is 3. The first-order chi connectivity index (χ1) is 6.60. The van der Waals surface area contributed by atoms with Crippen LogP contribution in [0.5, 0.6) is 11.5 Å². The van der Waals surface area contributed by atoms with Crippen LogP contribution in [-0.4, -0.2) is 18.9 Å². The molecule has 1 aromatic carbocycles. The third-order valence-corrected chi connectivity index (χ3v) is 2.16. The highest BCUT2D eigenvalue weighted by molar-refractivity contribution is 6.32. The standard InChI is InChI=1S/C9H11ClFNO2/c1-14-5-2-6(8(12)4-11)9(13)7(10)3-5/h2-3,8,13H,4,12H2,1H3. The normalized spacial score (nSPS) is 12.6. The number of nitrogens with two attached hydrogens (primary N) is 1. The molecule has 0 amide bonds. The molecule has 1 rings (SSSR count). The summed E-state index contributed by atoms with van der Waals surface area (Å²) < 4.78 is 17.2. The van der Waals surface area contributed by atoms with Gasteiger partial charge >= 0.3 is 0 Å². The molecule has 1 atom stereocenters. The summed E-state index contributed by atoms with van der Waals surface area (Å²) in [4.78, 5) is 0. The van der Waals surface area contributed by atoms with Crippen LogP contribution in [0.25, 0.3) is 0 Å². The minimum absolute atomic E-state index is 0.100. The first kappa shape index (κ1) is 11.1. The van der Waals surface area contributed by atoms with Gasteiger partial charge in [0, 0.05) is 11.6 Å². The van der Waals surface area contributed by atoms with Gasteiger partial charge < -0.3 is 15.6 Å². The maximum absolute atomic E-state index is 12.3. The number of ether oxygens (including phenoxy) is 1. The van der Waals surface area contributed by atoms with Crippen molar-refractivity contribution < 1.29 is 14.2 Å². The lowest BCUT2D eigenvalue weighted by Gasteiger charge is -2.12. The quantitative estimate of drug-likeness (QED) is 0.818. The van der Waals surface area contributed by atoms with Gasteiger partial charge in [-0.05, 0) is 6.07 Å². The first-order valence-electron chi connectivity index (χ1n) is 3.98. The summed E-state index contributed by atoms with van der Waals surface area (Å²) in [5.74, 6) is 0.240. The summed E-state index contributed by atoms with van der Waals surface area (Å²) in [6.45, 7) is -0.767. The van der Waals surface area contributed by atoms with Crippen LogP contribution in [0.1, 0.15) is 11.6 Å². The molecule has 0 bridgehead atoms. The van der Waals surface area contributed by atoms with E-state index in [2.05, 4.69) is 0 Å². The van der Waals surface area contributed by atoms with Crippen LogP contribution < -0.4 is 10.5 Å². The average molecular weight is 220 g/mol. The third kappa shape index (κ3) is 2.08. The van der Waals surface area contributed by atoms with Gasteiger partial charge in [-0.2, -0.15) is 0 Å². The Morgan fingerprint density at radius 2 is 2.29 bits per heavy atom. The van der Waals surface area contributed by atoms with Crippen LogP contribution in [0, 0.1) is 0 Å². The van der Waals surface area contributed by atoms with Gasteiger partial charge in [0.2, 0.25) is 0 Å². The Morgan fingerprint density at radius 1 is 1.64 bits per heavy atom. The van der Waals surface area contributed by atoms with E-state index in [1.54, 1.807) is 0 Å². The van der Waals surface area contributed by atoms with E-state index < -0.39 is 12.7 Å². The van der Waals surface area contributed by atoms with Crippen LogP contribution >= 0.6 is 11.6 Å². The molecular weight excluding hydrogens is 209 g/mol. The molecule has 0 aliphatic carbocycles. The molecule has 3 N–H and O–H groups in total. The van der Waals surface area contributed by atoms with Crippen molar-refractivity contribution in [1.82, 2.24) is 0 Å². The Balaban J connectivity index is 3.20. The molecule has 1 unspecified atom stereocenters. The number of alkyl halides is 1. The third-order valence-electron chi connectivity index (χ3n) is 1.87. The van der Waals surface area contributed by atoms with Gasteiger partial charge in [-0.25, -0.2) is 4.39 Å². The lowest BCUT2D eigenvalue weighted by atomic mass is 10.1. The van der Waals surface area contributed by atoms with Gasteiger partial charge in [-0.15, -0.1) is 0 Å². The van der Waals surface area contributed by atoms with Gasteiger partial charge in [0.25, 0.3) is 0 Å². The van der Waals surface area contributed by atoms with E-state index in [4.69, 9.17) is 22.1 Å². The molecule has 0 fully saturated rings. The summed E-state index contributed by atoms with van der Waals surface area (Å²) in [6.07, 6.45) is 0. The second kappa shape index (κ2) is 4.48. The molecule has 1 aromatic rings. The number of halogens is 2. The highest BCUT2D eigenvalue weighted by atomic mass is 35.5. The van der Waals surface area contributed by atoms with Gasteiger partial charge in [0.1, 0.15) is 18.2 Å². The predicted octanol–water partition coefficient (Wildman–Crippen LogP) is 2.02. The van der Waals surface area contributed by atoms with Crippen LogP contribution in [0.3, 0.4) is 0 Å². The smallest absolute Gasteiger partial charge is 0.139 e. The van der Waals surface area contributed by atoms with Crippen molar-refractivity contribution in [3.05, 3.63) is 22.7 Å². The average Bonchev–Trinajstić information content (AvgIpc) is 2.20. The van der Waals surface area contributed by atoms with E-state index in [1.807, 2.05) is 0 Å². The molecule has 3 nitrogen and oxygen atoms in total. The Bertz CT molecular complexity index is 333. The van der Waals surface area contributed by atoms with Crippen molar-refractivity contribution in [2.45, 2.75) is 6.04 Å². The van der Waals surface area contributed by atoms with Gasteiger partial charge in [0.15, 0.2) is 0 Å². The summed E-state index contributed by atoms with van der Waals surface area (Å²) in [7, 11) is 1.45. The van der Waals surface area contributed by atoms with E-state index in [9.17, 15) is 9.50 Å². The van der Waals surface area contributed by atoms with Crippen molar-refractivity contribution in [1.29, 1.82) is 0 Å². The van der Waals surface area contributed by atoms with Crippen molar-refractivity contribution in [2.24, 2.45) is 5.73 Å². The maximum atomic E-state index is 12.3. The Hall–Kier alpha value is -1.00. The van der Waals surface area contributed by atoms with Gasteiger partial charge in [0.05, 0.1) is 18.2 Å². The number of hydrogen-bond donors (Lipinski definition) is 2. The highest BCUT2D eigenvalue weighted by Crippen LogP contribution is 2.35. The van der Waals surface area contributed by atoms with E-state index in [-0.39, 0.29) is 16.3 Å². The fraction of sp³-hybridized carbons (Fsp3) is 0.333. The first-order valence-corrected chi connectivity index (χ1v) is 4.36. The van der Waals surface area contributed by atoms with Gasteiger partial charge in [-0.3, -0.25) is 0 Å². The van der Waals surface area contributed by atoms with Crippen LogP contribution in [0.15, 0.2) is 12.1 Å². The molecule has 0 saturated heterocycles. The molecule has 0 aliphatic heterocycles. The summed E-state index contributed by atoms with van der Waals surface area (Å²) in [6, 6.07) is 2.01. The number of aromatic hydroxyl groups is 1.